The monoisotopic (exact) mass is 758 g/mol. The molecule has 1 aliphatic heterocycles. The van der Waals surface area contributed by atoms with Crippen LogP contribution < -0.4 is 32.3 Å². The molecule has 0 radical (unpaired) electrons. The van der Waals surface area contributed by atoms with E-state index in [2.05, 4.69) is 26.6 Å². The molecule has 0 saturated carbocycles. The fraction of sp³-hybridized carbons (Fsp3) is 0.500. The third-order valence-electron chi connectivity index (χ3n) is 8.78. The molecule has 8 atom stereocenters. The van der Waals surface area contributed by atoms with Gasteiger partial charge >= 0.3 is 0 Å². The van der Waals surface area contributed by atoms with Crippen LogP contribution in [0.25, 0.3) is 0 Å². The molecule has 9 N–H and O–H groups in total. The van der Waals surface area contributed by atoms with Crippen LogP contribution in [0.15, 0.2) is 54.6 Å². The summed E-state index contributed by atoms with van der Waals surface area (Å²) in [5, 5.41) is 32.9. The van der Waals surface area contributed by atoms with Crippen molar-refractivity contribution in [3.63, 3.8) is 0 Å². The molecular formula is C36H50N6O8S2. The lowest BCUT2D eigenvalue weighted by atomic mass is 9.96. The molecule has 0 aliphatic carbocycles. The van der Waals surface area contributed by atoms with E-state index in [1.807, 2.05) is 19.2 Å². The molecule has 16 heteroatoms. The predicted octanol–water partition coefficient (Wildman–Crippen LogP) is 0.382. The van der Waals surface area contributed by atoms with Crippen molar-refractivity contribution in [2.45, 2.75) is 88.8 Å². The fourth-order valence-electron chi connectivity index (χ4n) is 5.32. The van der Waals surface area contributed by atoms with Gasteiger partial charge in [0.15, 0.2) is 0 Å². The topological polar surface area (TPSA) is 229 Å². The summed E-state index contributed by atoms with van der Waals surface area (Å²) in [6.45, 7) is 4.98. The number of amides is 5. The number of carbonyl (C=O) groups is 6. The van der Waals surface area contributed by atoms with Crippen molar-refractivity contribution in [2.75, 3.05) is 17.8 Å². The highest BCUT2D eigenvalue weighted by atomic mass is 32.2. The lowest BCUT2D eigenvalue weighted by Crippen LogP contribution is -2.61. The minimum Gasteiger partial charge on any atom is -0.508 e. The van der Waals surface area contributed by atoms with Gasteiger partial charge < -0.3 is 42.5 Å². The average molecular weight is 759 g/mol. The zero-order valence-corrected chi connectivity index (χ0v) is 31.4. The van der Waals surface area contributed by atoms with Crippen LogP contribution in [0.3, 0.4) is 0 Å². The average Bonchev–Trinajstić information content (AvgIpc) is 3.12. The van der Waals surface area contributed by atoms with E-state index in [1.165, 1.54) is 30.8 Å². The molecule has 1 saturated heterocycles. The van der Waals surface area contributed by atoms with Gasteiger partial charge in [-0.1, -0.05) is 74.5 Å². The molecule has 52 heavy (non-hydrogen) atoms. The molecule has 1 aliphatic rings. The van der Waals surface area contributed by atoms with Crippen molar-refractivity contribution in [3.8, 4) is 5.75 Å². The summed E-state index contributed by atoms with van der Waals surface area (Å²) in [5.74, 6) is -3.77. The van der Waals surface area contributed by atoms with Crippen molar-refractivity contribution in [2.24, 2.45) is 11.7 Å². The molecule has 1 fully saturated rings. The molecule has 0 bridgehead atoms. The van der Waals surface area contributed by atoms with E-state index in [9.17, 15) is 39.0 Å². The number of thioether (sulfide) groups is 2. The summed E-state index contributed by atoms with van der Waals surface area (Å²) in [7, 11) is 0. The SMILES string of the molecule is CC[C@H](C)[C@@H]1NC(=O)[C@H](Cc2ccccc2)NC(=O)[C@H](Cc2ccc(O)cc2)NC(=O)[C@@H](NC(=O)[C@@H](N)[C@@H](C)O)CSC(=O)[C@H](CCSC)NC1=O. The van der Waals surface area contributed by atoms with E-state index in [0.717, 1.165) is 5.56 Å². The van der Waals surface area contributed by atoms with E-state index < -0.39 is 77.0 Å². The lowest BCUT2D eigenvalue weighted by molar-refractivity contribution is -0.135. The number of benzene rings is 2. The van der Waals surface area contributed by atoms with Crippen molar-refractivity contribution in [3.05, 3.63) is 65.7 Å². The van der Waals surface area contributed by atoms with E-state index in [4.69, 9.17) is 5.73 Å². The number of hydrogen-bond donors (Lipinski definition) is 8. The van der Waals surface area contributed by atoms with Gasteiger partial charge in [-0.25, -0.2) is 0 Å². The van der Waals surface area contributed by atoms with Crippen molar-refractivity contribution < 1.29 is 39.0 Å². The lowest BCUT2D eigenvalue weighted by Gasteiger charge is -2.30. The number of rotatable bonds is 12. The van der Waals surface area contributed by atoms with Crippen LogP contribution >= 0.6 is 23.5 Å². The number of nitrogens with two attached hydrogens (primary N) is 1. The molecule has 0 unspecified atom stereocenters. The number of phenolic OH excluding ortho intramolecular Hbond substituents is 1. The summed E-state index contributed by atoms with van der Waals surface area (Å²) in [5.41, 5.74) is 7.13. The third-order valence-corrected chi connectivity index (χ3v) is 10.5. The number of phenols is 1. The summed E-state index contributed by atoms with van der Waals surface area (Å²) in [4.78, 5) is 82.5. The van der Waals surface area contributed by atoms with Crippen LogP contribution in [0.5, 0.6) is 5.75 Å². The second kappa shape index (κ2) is 20.8. The Bertz CT molecular complexity index is 1530. The van der Waals surface area contributed by atoms with Gasteiger partial charge in [0.05, 0.1) is 12.1 Å². The quantitative estimate of drug-likeness (QED) is 0.148. The minimum atomic E-state index is -1.40. The normalized spacial score (nSPS) is 24.0. The molecule has 1 heterocycles. The molecule has 0 aromatic heterocycles. The summed E-state index contributed by atoms with van der Waals surface area (Å²) in [6.07, 6.45) is 1.35. The van der Waals surface area contributed by atoms with Crippen molar-refractivity contribution >= 4 is 58.2 Å². The summed E-state index contributed by atoms with van der Waals surface area (Å²) < 4.78 is 0. The number of aromatic hydroxyl groups is 1. The van der Waals surface area contributed by atoms with E-state index in [-0.39, 0.29) is 36.7 Å². The Labute approximate surface area is 312 Å². The second-order valence-electron chi connectivity index (χ2n) is 12.9. The number of carbonyl (C=O) groups excluding carboxylic acids is 6. The Balaban J connectivity index is 2.11. The Morgan fingerprint density at radius 3 is 2.00 bits per heavy atom. The van der Waals surface area contributed by atoms with Crippen LogP contribution in [0.1, 0.15) is 44.7 Å². The molecule has 284 valence electrons. The number of hydrogen-bond acceptors (Lipinski definition) is 11. The number of aliphatic hydroxyl groups excluding tert-OH is 1. The maximum absolute atomic E-state index is 14.1. The van der Waals surface area contributed by atoms with Crippen molar-refractivity contribution in [1.82, 2.24) is 26.6 Å². The zero-order valence-electron chi connectivity index (χ0n) is 29.8. The first-order valence-electron chi connectivity index (χ1n) is 17.2. The summed E-state index contributed by atoms with van der Waals surface area (Å²) >= 11 is 2.19. The highest BCUT2D eigenvalue weighted by Crippen LogP contribution is 2.17. The molecule has 3 rings (SSSR count). The highest BCUT2D eigenvalue weighted by Gasteiger charge is 2.36. The maximum Gasteiger partial charge on any atom is 0.244 e. The van der Waals surface area contributed by atoms with Gasteiger partial charge in [-0.05, 0) is 54.5 Å². The Morgan fingerprint density at radius 2 is 1.42 bits per heavy atom. The standard InChI is InChI=1S/C36H50N6O8S2/c1-5-20(2)30-35(49)38-25(15-16-51-4)36(50)52-19-28(41-34(48)29(37)21(3)43)33(47)40-26(18-23-11-13-24(44)14-12-23)31(45)39-27(32(46)42-30)17-22-9-7-6-8-10-22/h6-14,20-21,25-30,43-44H,5,15-19,37H2,1-4H3,(H,38,49)(H,39,45)(H,40,47)(H,41,48)(H,42,46)/t20-,21+,25-,26-,27-,28-,29-,30-/m0/s1. The molecule has 0 spiro atoms. The smallest absolute Gasteiger partial charge is 0.244 e. The van der Waals surface area contributed by atoms with Gasteiger partial charge in [0, 0.05) is 18.6 Å². The second-order valence-corrected chi connectivity index (χ2v) is 14.9. The van der Waals surface area contributed by atoms with Crippen LogP contribution in [0, 0.1) is 5.92 Å². The molecule has 14 nitrogen and oxygen atoms in total. The van der Waals surface area contributed by atoms with Crippen LogP contribution in [0.2, 0.25) is 0 Å². The Hall–Kier alpha value is -4.12. The maximum atomic E-state index is 14.1. The molecule has 2 aromatic carbocycles. The highest BCUT2D eigenvalue weighted by molar-refractivity contribution is 8.13. The predicted molar refractivity (Wildman–Crippen MR) is 201 cm³/mol. The first-order chi connectivity index (χ1) is 24.7. The van der Waals surface area contributed by atoms with Crippen LogP contribution in [0.4, 0.5) is 0 Å². The fourth-order valence-corrected chi connectivity index (χ4v) is 6.73. The van der Waals surface area contributed by atoms with Gasteiger partial charge in [0.2, 0.25) is 34.7 Å². The van der Waals surface area contributed by atoms with E-state index in [1.54, 1.807) is 43.3 Å². The van der Waals surface area contributed by atoms with Crippen LogP contribution in [-0.2, 0) is 41.6 Å². The zero-order chi connectivity index (χ0) is 38.4. The molecular weight excluding hydrogens is 709 g/mol. The van der Waals surface area contributed by atoms with E-state index in [0.29, 0.717) is 29.5 Å². The van der Waals surface area contributed by atoms with Crippen LogP contribution in [-0.4, -0.2) is 105 Å². The van der Waals surface area contributed by atoms with Gasteiger partial charge in [-0.15, -0.1) is 0 Å². The van der Waals surface area contributed by atoms with Gasteiger partial charge in [0.25, 0.3) is 0 Å². The van der Waals surface area contributed by atoms with E-state index >= 15 is 0 Å². The minimum absolute atomic E-state index is 0.00974. The Kier molecular flexibility index (Phi) is 16.9. The van der Waals surface area contributed by atoms with Gasteiger partial charge in [-0.3, -0.25) is 28.8 Å². The number of nitrogens with one attached hydrogen (secondary N) is 5. The largest absolute Gasteiger partial charge is 0.508 e. The van der Waals surface area contributed by atoms with Gasteiger partial charge in [0.1, 0.15) is 36.0 Å². The first kappa shape index (κ1) is 42.3. The molecule has 5 amide bonds. The Morgan fingerprint density at radius 1 is 0.865 bits per heavy atom. The third kappa shape index (κ3) is 12.8. The van der Waals surface area contributed by atoms with Crippen molar-refractivity contribution in [1.29, 1.82) is 0 Å². The first-order valence-corrected chi connectivity index (χ1v) is 19.5. The summed E-state index contributed by atoms with van der Waals surface area (Å²) in [6, 6.07) is 7.64. The molecule has 2 aromatic rings. The van der Waals surface area contributed by atoms with Gasteiger partial charge in [-0.2, -0.15) is 11.8 Å². The number of aliphatic hydroxyl groups is 1.